The predicted molar refractivity (Wildman–Crippen MR) is 116 cm³/mol. The quantitative estimate of drug-likeness (QED) is 0.349. The molecule has 0 bridgehead atoms. The molecule has 0 fully saturated rings. The van der Waals surface area contributed by atoms with Crippen molar-refractivity contribution in [1.82, 2.24) is 5.32 Å². The zero-order chi connectivity index (χ0) is 22.2. The SMILES string of the molecule is O=C(O)CCCCOc1ccc2c(c1)C[C@@H](NCC(O)c1ccc(O)c(CO)c1)CC2. The number of benzene rings is 2. The van der Waals surface area contributed by atoms with E-state index in [9.17, 15) is 20.1 Å². The van der Waals surface area contributed by atoms with Crippen molar-refractivity contribution in [3.63, 3.8) is 0 Å². The molecule has 1 aliphatic carbocycles. The second-order valence-electron chi connectivity index (χ2n) is 8.04. The average molecular weight is 430 g/mol. The van der Waals surface area contributed by atoms with E-state index in [1.54, 1.807) is 12.1 Å². The van der Waals surface area contributed by atoms with Crippen LogP contribution in [0.3, 0.4) is 0 Å². The fraction of sp³-hybridized carbons (Fsp3) is 0.458. The van der Waals surface area contributed by atoms with Crippen LogP contribution in [0.2, 0.25) is 0 Å². The van der Waals surface area contributed by atoms with Crippen LogP contribution in [-0.2, 0) is 24.2 Å². The summed E-state index contributed by atoms with van der Waals surface area (Å²) in [4.78, 5) is 10.6. The molecule has 31 heavy (non-hydrogen) atoms. The van der Waals surface area contributed by atoms with Crippen molar-refractivity contribution in [2.45, 2.75) is 57.3 Å². The number of aliphatic hydroxyl groups excluding tert-OH is 2. The molecule has 0 saturated carbocycles. The molecular weight excluding hydrogens is 398 g/mol. The van der Waals surface area contributed by atoms with E-state index in [0.717, 1.165) is 25.0 Å². The molecule has 1 unspecified atom stereocenters. The molecule has 168 valence electrons. The molecule has 0 spiro atoms. The van der Waals surface area contributed by atoms with E-state index in [1.165, 1.54) is 17.2 Å². The minimum atomic E-state index is -0.781. The number of aromatic hydroxyl groups is 1. The highest BCUT2D eigenvalue weighted by molar-refractivity contribution is 5.66. The number of phenols is 1. The Labute approximate surface area is 182 Å². The lowest BCUT2D eigenvalue weighted by molar-refractivity contribution is -0.137. The Bertz CT molecular complexity index is 884. The molecule has 3 rings (SSSR count). The van der Waals surface area contributed by atoms with Gasteiger partial charge in [0.2, 0.25) is 0 Å². The summed E-state index contributed by atoms with van der Waals surface area (Å²) in [7, 11) is 0. The zero-order valence-corrected chi connectivity index (χ0v) is 17.6. The highest BCUT2D eigenvalue weighted by Gasteiger charge is 2.20. The van der Waals surface area contributed by atoms with E-state index >= 15 is 0 Å². The van der Waals surface area contributed by atoms with E-state index in [2.05, 4.69) is 17.4 Å². The number of hydrogen-bond acceptors (Lipinski definition) is 6. The first-order valence-corrected chi connectivity index (χ1v) is 10.8. The molecule has 0 heterocycles. The van der Waals surface area contributed by atoms with Gasteiger partial charge < -0.3 is 30.5 Å². The Morgan fingerprint density at radius 3 is 2.77 bits per heavy atom. The van der Waals surface area contributed by atoms with E-state index in [0.29, 0.717) is 37.1 Å². The van der Waals surface area contributed by atoms with Gasteiger partial charge in [-0.05, 0) is 73.1 Å². The lowest BCUT2D eigenvalue weighted by Crippen LogP contribution is -2.37. The van der Waals surface area contributed by atoms with Crippen LogP contribution < -0.4 is 10.1 Å². The van der Waals surface area contributed by atoms with Crippen molar-refractivity contribution < 1.29 is 30.0 Å². The lowest BCUT2D eigenvalue weighted by atomic mass is 9.88. The summed E-state index contributed by atoms with van der Waals surface area (Å²) in [6, 6.07) is 11.1. The van der Waals surface area contributed by atoms with Crippen LogP contribution >= 0.6 is 0 Å². The van der Waals surface area contributed by atoms with Gasteiger partial charge in [-0.2, -0.15) is 0 Å². The molecule has 2 atom stereocenters. The summed E-state index contributed by atoms with van der Waals surface area (Å²) in [5, 5.41) is 41.6. The van der Waals surface area contributed by atoms with Gasteiger partial charge in [-0.25, -0.2) is 0 Å². The van der Waals surface area contributed by atoms with Crippen LogP contribution in [-0.4, -0.2) is 45.6 Å². The number of unbranched alkanes of at least 4 members (excludes halogenated alkanes) is 1. The van der Waals surface area contributed by atoms with Crippen LogP contribution in [0.15, 0.2) is 36.4 Å². The lowest BCUT2D eigenvalue weighted by Gasteiger charge is -2.27. The normalized spacial score (nSPS) is 16.5. The first-order chi connectivity index (χ1) is 15.0. The minimum Gasteiger partial charge on any atom is -0.508 e. The second-order valence-corrected chi connectivity index (χ2v) is 8.04. The summed E-state index contributed by atoms with van der Waals surface area (Å²) in [5.41, 5.74) is 3.60. The maximum absolute atomic E-state index is 10.6. The van der Waals surface area contributed by atoms with Crippen LogP contribution in [0, 0.1) is 0 Å². The number of fused-ring (bicyclic) bond motifs is 1. The van der Waals surface area contributed by atoms with Gasteiger partial charge in [0.1, 0.15) is 11.5 Å². The number of carboxylic acid groups (broad SMARTS) is 1. The van der Waals surface area contributed by atoms with Crippen molar-refractivity contribution >= 4 is 5.97 Å². The molecule has 0 aliphatic heterocycles. The number of ether oxygens (including phenoxy) is 1. The van der Waals surface area contributed by atoms with Gasteiger partial charge in [-0.1, -0.05) is 12.1 Å². The highest BCUT2D eigenvalue weighted by atomic mass is 16.5. The van der Waals surface area contributed by atoms with Crippen molar-refractivity contribution in [2.75, 3.05) is 13.2 Å². The third kappa shape index (κ3) is 6.69. The number of aliphatic carboxylic acids is 1. The van der Waals surface area contributed by atoms with Crippen molar-refractivity contribution in [2.24, 2.45) is 0 Å². The van der Waals surface area contributed by atoms with Crippen LogP contribution in [0.25, 0.3) is 0 Å². The van der Waals surface area contributed by atoms with Gasteiger partial charge in [0.15, 0.2) is 0 Å². The van der Waals surface area contributed by atoms with Gasteiger partial charge in [-0.3, -0.25) is 4.79 Å². The molecule has 0 amide bonds. The Balaban J connectivity index is 1.50. The third-order valence-corrected chi connectivity index (χ3v) is 5.72. The number of carbonyl (C=O) groups is 1. The minimum absolute atomic E-state index is 0.0233. The molecule has 0 aromatic heterocycles. The largest absolute Gasteiger partial charge is 0.508 e. The number of hydrogen-bond donors (Lipinski definition) is 5. The summed E-state index contributed by atoms with van der Waals surface area (Å²) >= 11 is 0. The first-order valence-electron chi connectivity index (χ1n) is 10.8. The van der Waals surface area contributed by atoms with Crippen LogP contribution in [0.5, 0.6) is 11.5 Å². The van der Waals surface area contributed by atoms with Crippen LogP contribution in [0.4, 0.5) is 0 Å². The smallest absolute Gasteiger partial charge is 0.303 e. The molecule has 7 heteroatoms. The fourth-order valence-corrected chi connectivity index (χ4v) is 3.90. The molecule has 7 nitrogen and oxygen atoms in total. The Hall–Kier alpha value is -2.61. The first kappa shape index (κ1) is 23.1. The summed E-state index contributed by atoms with van der Waals surface area (Å²) in [6.45, 7) is 0.612. The molecule has 1 aliphatic rings. The van der Waals surface area contributed by atoms with E-state index in [1.807, 2.05) is 6.07 Å². The summed E-state index contributed by atoms with van der Waals surface area (Å²) in [5.74, 6) is 0.0438. The van der Waals surface area contributed by atoms with Crippen molar-refractivity contribution in [3.05, 3.63) is 58.7 Å². The van der Waals surface area contributed by atoms with Gasteiger partial charge in [-0.15, -0.1) is 0 Å². The van der Waals surface area contributed by atoms with Gasteiger partial charge in [0.25, 0.3) is 0 Å². The topological polar surface area (TPSA) is 119 Å². The maximum atomic E-state index is 10.6. The average Bonchev–Trinajstić information content (AvgIpc) is 2.77. The summed E-state index contributed by atoms with van der Waals surface area (Å²) in [6.07, 6.45) is 3.53. The van der Waals surface area contributed by atoms with Crippen molar-refractivity contribution in [3.8, 4) is 11.5 Å². The standard InChI is InChI=1S/C24H31NO6/c26-15-19-11-17(6-9-22(19)27)23(28)14-25-20-7-4-16-5-8-21(13-18(16)12-20)31-10-2-1-3-24(29)30/h5-6,8-9,11,13,20,23,25-28H,1-4,7,10,12,14-15H2,(H,29,30)/t20-,23?/m0/s1. The predicted octanol–water partition coefficient (Wildman–Crippen LogP) is 2.70. The van der Waals surface area contributed by atoms with Gasteiger partial charge >= 0.3 is 5.97 Å². The molecule has 2 aromatic rings. The highest BCUT2D eigenvalue weighted by Crippen LogP contribution is 2.27. The molecule has 2 aromatic carbocycles. The van der Waals surface area contributed by atoms with Crippen LogP contribution in [0.1, 0.15) is 54.0 Å². The van der Waals surface area contributed by atoms with E-state index < -0.39 is 12.1 Å². The Morgan fingerprint density at radius 2 is 2.00 bits per heavy atom. The summed E-state index contributed by atoms with van der Waals surface area (Å²) < 4.78 is 5.78. The second kappa shape index (κ2) is 11.1. The number of carboxylic acids is 1. The van der Waals surface area contributed by atoms with E-state index in [4.69, 9.17) is 9.84 Å². The van der Waals surface area contributed by atoms with Crippen molar-refractivity contribution in [1.29, 1.82) is 0 Å². The zero-order valence-electron chi connectivity index (χ0n) is 17.6. The number of aryl methyl sites for hydroxylation is 1. The molecular formula is C24H31NO6. The Kier molecular flexibility index (Phi) is 8.28. The monoisotopic (exact) mass is 429 g/mol. The maximum Gasteiger partial charge on any atom is 0.303 e. The molecule has 0 radical (unpaired) electrons. The Morgan fingerprint density at radius 1 is 1.16 bits per heavy atom. The molecule has 0 saturated heterocycles. The molecule has 5 N–H and O–H groups in total. The van der Waals surface area contributed by atoms with Gasteiger partial charge in [0.05, 0.1) is 19.3 Å². The van der Waals surface area contributed by atoms with Gasteiger partial charge in [0, 0.05) is 24.6 Å². The number of rotatable bonds is 11. The third-order valence-electron chi connectivity index (χ3n) is 5.72. The fourth-order valence-electron chi connectivity index (χ4n) is 3.90. The van der Waals surface area contributed by atoms with E-state index in [-0.39, 0.29) is 24.8 Å². The number of nitrogens with one attached hydrogen (secondary N) is 1. The number of aliphatic hydroxyl groups is 2.